The van der Waals surface area contributed by atoms with Crippen molar-refractivity contribution in [3.8, 4) is 5.82 Å². The van der Waals surface area contributed by atoms with Gasteiger partial charge in [-0.15, -0.1) is 0 Å². The number of nitrogens with zero attached hydrogens (tertiary/aromatic N) is 3. The Labute approximate surface area is 125 Å². The van der Waals surface area contributed by atoms with Gasteiger partial charge < -0.3 is 0 Å². The molecule has 0 unspecified atom stereocenters. The molecule has 3 aromatic rings. The van der Waals surface area contributed by atoms with Crippen molar-refractivity contribution < 1.29 is 0 Å². The molecule has 3 rings (SSSR count). The largest absolute Gasteiger partial charge is 0.237 e. The summed E-state index contributed by atoms with van der Waals surface area (Å²) in [6.45, 7) is 2.19. The molecule has 3 heteroatoms. The van der Waals surface area contributed by atoms with Crippen LogP contribution in [0.1, 0.15) is 30.2 Å². The molecule has 0 N–H and O–H groups in total. The fourth-order valence-electron chi connectivity index (χ4n) is 2.50. The van der Waals surface area contributed by atoms with Crippen molar-refractivity contribution >= 4 is 0 Å². The van der Waals surface area contributed by atoms with Crippen LogP contribution in [-0.2, 0) is 12.8 Å². The number of aromatic nitrogens is 3. The van der Waals surface area contributed by atoms with Crippen molar-refractivity contribution in [2.45, 2.75) is 26.2 Å². The van der Waals surface area contributed by atoms with Crippen molar-refractivity contribution in [3.05, 3.63) is 77.7 Å². The molecular weight excluding hydrogens is 258 g/mol. The average Bonchev–Trinajstić information content (AvgIpc) is 2.97. The lowest BCUT2D eigenvalue weighted by Crippen LogP contribution is -2.05. The molecular formula is C18H19N3. The van der Waals surface area contributed by atoms with E-state index < -0.39 is 0 Å². The highest BCUT2D eigenvalue weighted by molar-refractivity contribution is 5.31. The Balaban J connectivity index is 1.90. The molecule has 0 fully saturated rings. The van der Waals surface area contributed by atoms with Gasteiger partial charge in [-0.25, -0.2) is 9.67 Å². The first-order chi connectivity index (χ1) is 10.4. The number of benzene rings is 1. The van der Waals surface area contributed by atoms with Crippen LogP contribution < -0.4 is 0 Å². The number of hydrogen-bond acceptors (Lipinski definition) is 2. The summed E-state index contributed by atoms with van der Waals surface area (Å²) in [5.41, 5.74) is 3.75. The van der Waals surface area contributed by atoms with Crippen LogP contribution in [-0.4, -0.2) is 14.8 Å². The van der Waals surface area contributed by atoms with Crippen LogP contribution in [0.3, 0.4) is 0 Å². The van der Waals surface area contributed by atoms with Crippen LogP contribution in [0.25, 0.3) is 5.82 Å². The van der Waals surface area contributed by atoms with Crippen molar-refractivity contribution in [1.29, 1.82) is 0 Å². The molecule has 2 heterocycles. The summed E-state index contributed by atoms with van der Waals surface area (Å²) in [5, 5.41) is 4.44. The first kappa shape index (κ1) is 13.6. The van der Waals surface area contributed by atoms with Gasteiger partial charge in [0.05, 0.1) is 5.69 Å². The molecule has 0 radical (unpaired) electrons. The molecule has 0 bridgehead atoms. The lowest BCUT2D eigenvalue weighted by molar-refractivity contribution is 0.792. The Morgan fingerprint density at radius 2 is 1.81 bits per heavy atom. The van der Waals surface area contributed by atoms with Crippen LogP contribution in [0.4, 0.5) is 0 Å². The van der Waals surface area contributed by atoms with E-state index in [9.17, 15) is 0 Å². The number of aryl methyl sites for hydroxylation is 1. The zero-order valence-corrected chi connectivity index (χ0v) is 12.2. The van der Waals surface area contributed by atoms with Gasteiger partial charge >= 0.3 is 0 Å². The molecule has 0 aliphatic carbocycles. The molecule has 21 heavy (non-hydrogen) atoms. The van der Waals surface area contributed by atoms with Crippen LogP contribution in [0.15, 0.2) is 60.9 Å². The Bertz CT molecular complexity index is 701. The fraction of sp³-hybridized carbons (Fsp3) is 0.222. The maximum absolute atomic E-state index is 4.47. The van der Waals surface area contributed by atoms with E-state index in [1.165, 1.54) is 11.1 Å². The van der Waals surface area contributed by atoms with Crippen molar-refractivity contribution in [1.82, 2.24) is 14.8 Å². The van der Waals surface area contributed by atoms with E-state index in [-0.39, 0.29) is 0 Å². The van der Waals surface area contributed by atoms with Gasteiger partial charge in [-0.3, -0.25) is 0 Å². The van der Waals surface area contributed by atoms with Crippen LogP contribution in [0.5, 0.6) is 0 Å². The van der Waals surface area contributed by atoms with Crippen molar-refractivity contribution in [2.24, 2.45) is 0 Å². The van der Waals surface area contributed by atoms with E-state index in [2.05, 4.69) is 59.5 Å². The zero-order valence-electron chi connectivity index (χ0n) is 12.2. The van der Waals surface area contributed by atoms with Gasteiger partial charge in [0.25, 0.3) is 0 Å². The van der Waals surface area contributed by atoms with Crippen LogP contribution in [0.2, 0.25) is 0 Å². The predicted molar refractivity (Wildman–Crippen MR) is 84.6 cm³/mol. The van der Waals surface area contributed by atoms with Gasteiger partial charge in [0, 0.05) is 18.8 Å². The first-order valence-corrected chi connectivity index (χ1v) is 7.39. The minimum Gasteiger partial charge on any atom is -0.237 e. The molecule has 1 aromatic carbocycles. The Morgan fingerprint density at radius 3 is 2.62 bits per heavy atom. The van der Waals surface area contributed by atoms with E-state index in [4.69, 9.17) is 0 Å². The monoisotopic (exact) mass is 277 g/mol. The second-order valence-corrected chi connectivity index (χ2v) is 5.17. The molecule has 0 spiro atoms. The number of hydrogen-bond donors (Lipinski definition) is 0. The molecule has 106 valence electrons. The number of pyridine rings is 1. The summed E-state index contributed by atoms with van der Waals surface area (Å²) >= 11 is 0. The maximum atomic E-state index is 4.47. The second kappa shape index (κ2) is 6.35. The van der Waals surface area contributed by atoms with Crippen LogP contribution >= 0.6 is 0 Å². The second-order valence-electron chi connectivity index (χ2n) is 5.17. The topological polar surface area (TPSA) is 30.7 Å². The quantitative estimate of drug-likeness (QED) is 0.710. The summed E-state index contributed by atoms with van der Waals surface area (Å²) in [7, 11) is 0. The summed E-state index contributed by atoms with van der Waals surface area (Å²) in [5.74, 6) is 0.900. The molecule has 3 nitrogen and oxygen atoms in total. The highest BCUT2D eigenvalue weighted by atomic mass is 15.3. The lowest BCUT2D eigenvalue weighted by Gasteiger charge is -2.08. The van der Waals surface area contributed by atoms with Gasteiger partial charge in [-0.2, -0.15) is 5.10 Å². The van der Waals surface area contributed by atoms with Crippen molar-refractivity contribution in [2.75, 3.05) is 0 Å². The van der Waals surface area contributed by atoms with Gasteiger partial charge in [0.15, 0.2) is 5.82 Å². The lowest BCUT2D eigenvalue weighted by atomic mass is 10.1. The van der Waals surface area contributed by atoms with Crippen molar-refractivity contribution in [3.63, 3.8) is 0 Å². The van der Waals surface area contributed by atoms with E-state index >= 15 is 0 Å². The van der Waals surface area contributed by atoms with E-state index in [0.29, 0.717) is 0 Å². The summed E-state index contributed by atoms with van der Waals surface area (Å²) in [6, 6.07) is 16.7. The number of rotatable bonds is 5. The zero-order chi connectivity index (χ0) is 14.5. The first-order valence-electron chi connectivity index (χ1n) is 7.39. The van der Waals surface area contributed by atoms with Crippen LogP contribution in [0, 0.1) is 0 Å². The molecule has 0 aliphatic rings. The standard InChI is InChI=1S/C18H19N3/c1-2-6-15-9-11-19-18(14-15)21-17(10-12-20-21)13-16-7-4-3-5-8-16/h3-5,7-12,14H,2,6,13H2,1H3. The molecule has 0 saturated carbocycles. The minimum absolute atomic E-state index is 0.862. The summed E-state index contributed by atoms with van der Waals surface area (Å²) in [6.07, 6.45) is 6.78. The maximum Gasteiger partial charge on any atom is 0.153 e. The summed E-state index contributed by atoms with van der Waals surface area (Å²) in [4.78, 5) is 4.47. The summed E-state index contributed by atoms with van der Waals surface area (Å²) < 4.78 is 1.94. The highest BCUT2D eigenvalue weighted by Crippen LogP contribution is 2.14. The fourth-order valence-corrected chi connectivity index (χ4v) is 2.50. The molecule has 0 saturated heterocycles. The molecule has 0 aliphatic heterocycles. The van der Waals surface area contributed by atoms with Gasteiger partial charge in [-0.1, -0.05) is 43.7 Å². The third-order valence-corrected chi connectivity index (χ3v) is 3.51. The smallest absolute Gasteiger partial charge is 0.153 e. The van der Waals surface area contributed by atoms with E-state index in [1.807, 2.05) is 23.1 Å². The predicted octanol–water partition coefficient (Wildman–Crippen LogP) is 3.81. The van der Waals surface area contributed by atoms with E-state index in [0.717, 1.165) is 30.8 Å². The normalized spacial score (nSPS) is 10.7. The molecule has 2 aromatic heterocycles. The Hall–Kier alpha value is -2.42. The van der Waals surface area contributed by atoms with Gasteiger partial charge in [0.1, 0.15) is 0 Å². The SMILES string of the molecule is CCCc1ccnc(-n2nccc2Cc2ccccc2)c1. The third kappa shape index (κ3) is 3.19. The van der Waals surface area contributed by atoms with E-state index in [1.54, 1.807) is 0 Å². The molecule has 0 amide bonds. The minimum atomic E-state index is 0.862. The molecule has 0 atom stereocenters. The Morgan fingerprint density at radius 1 is 0.952 bits per heavy atom. The highest BCUT2D eigenvalue weighted by Gasteiger charge is 2.07. The Kier molecular flexibility index (Phi) is 4.10. The third-order valence-electron chi connectivity index (χ3n) is 3.51. The average molecular weight is 277 g/mol. The van der Waals surface area contributed by atoms with Gasteiger partial charge in [-0.05, 0) is 35.7 Å². The van der Waals surface area contributed by atoms with Gasteiger partial charge in [0.2, 0.25) is 0 Å².